The first-order chi connectivity index (χ1) is 10.1. The topological polar surface area (TPSA) is 68.0 Å². The van der Waals surface area contributed by atoms with Gasteiger partial charge in [0.25, 0.3) is 0 Å². The molecule has 6 heteroatoms. The van der Waals surface area contributed by atoms with Gasteiger partial charge in [0.2, 0.25) is 0 Å². The molecule has 1 aliphatic rings. The molecule has 0 aromatic carbocycles. The zero-order valence-electron chi connectivity index (χ0n) is 13.1. The molecule has 1 aromatic rings. The number of rotatable bonds is 7. The molecular formula is C15H25N3O2S. The molecule has 0 aliphatic heterocycles. The van der Waals surface area contributed by atoms with Crippen LogP contribution in [-0.4, -0.2) is 31.6 Å². The summed E-state index contributed by atoms with van der Waals surface area (Å²) in [5.41, 5.74) is 0. The van der Waals surface area contributed by atoms with Crippen molar-refractivity contribution in [1.29, 1.82) is 0 Å². The second kappa shape index (κ2) is 7.29. The standard InChI is InChI=1S/C15H25N3O2S/c1-4-6-13-16-17-15(21-9-14(19)20)18(13)12-8-7-11(5-2)10(12)3/h10-12H,4-9H2,1-3H3,(H,19,20). The molecule has 1 saturated carbocycles. The number of hydrogen-bond acceptors (Lipinski definition) is 4. The number of carboxylic acids is 1. The van der Waals surface area contributed by atoms with E-state index in [0.717, 1.165) is 36.2 Å². The maximum Gasteiger partial charge on any atom is 0.313 e. The van der Waals surface area contributed by atoms with E-state index in [2.05, 4.69) is 35.5 Å². The van der Waals surface area contributed by atoms with Crippen LogP contribution in [0.5, 0.6) is 0 Å². The van der Waals surface area contributed by atoms with E-state index in [1.807, 2.05) is 0 Å². The third kappa shape index (κ3) is 3.59. The summed E-state index contributed by atoms with van der Waals surface area (Å²) in [5.74, 6) is 1.61. The predicted octanol–water partition coefficient (Wildman–Crippen LogP) is 3.40. The highest BCUT2D eigenvalue weighted by atomic mass is 32.2. The smallest absolute Gasteiger partial charge is 0.313 e. The largest absolute Gasteiger partial charge is 0.481 e. The van der Waals surface area contributed by atoms with Crippen LogP contribution in [0.15, 0.2) is 5.16 Å². The Kier molecular flexibility index (Phi) is 5.67. The molecule has 2 rings (SSSR count). The first kappa shape index (κ1) is 16.3. The maximum atomic E-state index is 10.8. The van der Waals surface area contributed by atoms with E-state index in [1.54, 1.807) is 0 Å². The van der Waals surface area contributed by atoms with E-state index in [9.17, 15) is 4.79 Å². The van der Waals surface area contributed by atoms with Gasteiger partial charge in [-0.25, -0.2) is 0 Å². The van der Waals surface area contributed by atoms with E-state index >= 15 is 0 Å². The monoisotopic (exact) mass is 311 g/mol. The van der Waals surface area contributed by atoms with Crippen molar-refractivity contribution in [3.8, 4) is 0 Å². The molecule has 1 fully saturated rings. The number of hydrogen-bond donors (Lipinski definition) is 1. The van der Waals surface area contributed by atoms with Crippen LogP contribution in [0.2, 0.25) is 0 Å². The molecule has 1 heterocycles. The van der Waals surface area contributed by atoms with Crippen LogP contribution in [0.1, 0.15) is 58.3 Å². The Bertz CT molecular complexity index is 489. The lowest BCUT2D eigenvalue weighted by molar-refractivity contribution is -0.133. The van der Waals surface area contributed by atoms with Crippen LogP contribution < -0.4 is 0 Å². The Morgan fingerprint density at radius 3 is 2.71 bits per heavy atom. The van der Waals surface area contributed by atoms with Crippen LogP contribution in [-0.2, 0) is 11.2 Å². The third-order valence-electron chi connectivity index (χ3n) is 4.57. The molecule has 5 nitrogen and oxygen atoms in total. The zero-order chi connectivity index (χ0) is 15.4. The molecule has 0 saturated heterocycles. The molecule has 0 amide bonds. The van der Waals surface area contributed by atoms with Gasteiger partial charge < -0.3 is 9.67 Å². The number of aromatic nitrogens is 3. The Balaban J connectivity index is 2.26. The zero-order valence-corrected chi connectivity index (χ0v) is 13.9. The van der Waals surface area contributed by atoms with Crippen LogP contribution >= 0.6 is 11.8 Å². The molecule has 1 aliphatic carbocycles. The second-order valence-electron chi connectivity index (χ2n) is 5.87. The van der Waals surface area contributed by atoms with Crippen LogP contribution in [0.4, 0.5) is 0 Å². The number of carbonyl (C=O) groups is 1. The molecule has 3 unspecified atom stereocenters. The minimum Gasteiger partial charge on any atom is -0.481 e. The Morgan fingerprint density at radius 1 is 1.38 bits per heavy atom. The first-order valence-electron chi connectivity index (χ1n) is 7.86. The van der Waals surface area contributed by atoms with Gasteiger partial charge in [0.15, 0.2) is 5.16 Å². The van der Waals surface area contributed by atoms with Crippen LogP contribution in [0.3, 0.4) is 0 Å². The summed E-state index contributed by atoms with van der Waals surface area (Å²) in [5, 5.41) is 18.2. The number of aryl methyl sites for hydroxylation is 1. The molecule has 1 aromatic heterocycles. The van der Waals surface area contributed by atoms with Crippen molar-refractivity contribution in [3.63, 3.8) is 0 Å². The summed E-state index contributed by atoms with van der Waals surface area (Å²) in [6.07, 6.45) is 5.53. The summed E-state index contributed by atoms with van der Waals surface area (Å²) < 4.78 is 2.23. The van der Waals surface area contributed by atoms with Gasteiger partial charge in [0.1, 0.15) is 5.82 Å². The van der Waals surface area contributed by atoms with E-state index in [1.165, 1.54) is 24.6 Å². The van der Waals surface area contributed by atoms with Crippen molar-refractivity contribution in [1.82, 2.24) is 14.8 Å². The molecule has 3 atom stereocenters. The second-order valence-corrected chi connectivity index (χ2v) is 6.82. The Morgan fingerprint density at radius 2 is 2.14 bits per heavy atom. The number of aliphatic carboxylic acids is 1. The van der Waals surface area contributed by atoms with Crippen molar-refractivity contribution in [2.24, 2.45) is 11.8 Å². The van der Waals surface area contributed by atoms with Crippen molar-refractivity contribution in [3.05, 3.63) is 5.82 Å². The van der Waals surface area contributed by atoms with E-state index in [4.69, 9.17) is 5.11 Å². The minimum absolute atomic E-state index is 0.0442. The summed E-state index contributed by atoms with van der Waals surface area (Å²) in [6.45, 7) is 6.70. The molecule has 0 bridgehead atoms. The van der Waals surface area contributed by atoms with Crippen molar-refractivity contribution >= 4 is 17.7 Å². The van der Waals surface area contributed by atoms with E-state index in [-0.39, 0.29) is 5.75 Å². The van der Waals surface area contributed by atoms with E-state index in [0.29, 0.717) is 12.0 Å². The lowest BCUT2D eigenvalue weighted by Crippen LogP contribution is -2.19. The van der Waals surface area contributed by atoms with Crippen molar-refractivity contribution < 1.29 is 9.90 Å². The predicted molar refractivity (Wildman–Crippen MR) is 83.6 cm³/mol. The number of carboxylic acid groups (broad SMARTS) is 1. The molecular weight excluding hydrogens is 286 g/mol. The maximum absolute atomic E-state index is 10.8. The van der Waals surface area contributed by atoms with Gasteiger partial charge in [-0.2, -0.15) is 0 Å². The van der Waals surface area contributed by atoms with Crippen molar-refractivity contribution in [2.45, 2.75) is 64.1 Å². The third-order valence-corrected chi connectivity index (χ3v) is 5.50. The quantitative estimate of drug-likeness (QED) is 0.782. The molecule has 1 N–H and O–H groups in total. The summed E-state index contributed by atoms with van der Waals surface area (Å²) >= 11 is 1.29. The summed E-state index contributed by atoms with van der Waals surface area (Å²) in [6, 6.07) is 0.419. The van der Waals surface area contributed by atoms with Crippen molar-refractivity contribution in [2.75, 3.05) is 5.75 Å². The average Bonchev–Trinajstić information content (AvgIpc) is 3.00. The summed E-state index contributed by atoms with van der Waals surface area (Å²) in [4.78, 5) is 10.8. The summed E-state index contributed by atoms with van der Waals surface area (Å²) in [7, 11) is 0. The van der Waals surface area contributed by atoms with E-state index < -0.39 is 5.97 Å². The highest BCUT2D eigenvalue weighted by Crippen LogP contribution is 2.43. The first-order valence-corrected chi connectivity index (χ1v) is 8.85. The molecule has 0 radical (unpaired) electrons. The average molecular weight is 311 g/mol. The Labute approximate surface area is 130 Å². The van der Waals surface area contributed by atoms with Gasteiger partial charge in [0.05, 0.1) is 5.75 Å². The minimum atomic E-state index is -0.808. The lowest BCUT2D eigenvalue weighted by atomic mass is 9.93. The number of nitrogens with zero attached hydrogens (tertiary/aromatic N) is 3. The van der Waals surface area contributed by atoms with Gasteiger partial charge in [-0.1, -0.05) is 39.0 Å². The van der Waals surface area contributed by atoms with Gasteiger partial charge in [-0.3, -0.25) is 4.79 Å². The molecule has 21 heavy (non-hydrogen) atoms. The molecule has 0 spiro atoms. The lowest BCUT2D eigenvalue weighted by Gasteiger charge is -2.23. The van der Waals surface area contributed by atoms with Gasteiger partial charge >= 0.3 is 5.97 Å². The Hall–Kier alpha value is -1.04. The fourth-order valence-electron chi connectivity index (χ4n) is 3.42. The normalized spacial score (nSPS) is 25.4. The van der Waals surface area contributed by atoms with Gasteiger partial charge in [0, 0.05) is 12.5 Å². The van der Waals surface area contributed by atoms with Crippen LogP contribution in [0.25, 0.3) is 0 Å². The SMILES string of the molecule is CCCc1nnc(SCC(=O)O)n1C1CCC(CC)C1C. The highest BCUT2D eigenvalue weighted by Gasteiger charge is 2.35. The fraction of sp³-hybridized carbons (Fsp3) is 0.800. The highest BCUT2D eigenvalue weighted by molar-refractivity contribution is 7.99. The fourth-order valence-corrected chi connectivity index (χ4v) is 4.16. The number of thioether (sulfide) groups is 1. The van der Waals surface area contributed by atoms with Gasteiger partial charge in [-0.15, -0.1) is 10.2 Å². The van der Waals surface area contributed by atoms with Gasteiger partial charge in [-0.05, 0) is 31.1 Å². The molecule has 118 valence electrons. The van der Waals surface area contributed by atoms with Crippen LogP contribution in [0, 0.1) is 11.8 Å².